The van der Waals surface area contributed by atoms with Crippen molar-refractivity contribution < 1.29 is 0 Å². The van der Waals surface area contributed by atoms with Gasteiger partial charge in [0.15, 0.2) is 0 Å². The molecule has 2 N–H and O–H groups in total. The Labute approximate surface area is 109 Å². The first-order valence-corrected chi connectivity index (χ1v) is 6.91. The third kappa shape index (κ3) is 2.63. The van der Waals surface area contributed by atoms with Crippen LogP contribution in [-0.4, -0.2) is 4.98 Å². The van der Waals surface area contributed by atoms with Gasteiger partial charge in [-0.1, -0.05) is 44.9 Å². The third-order valence-corrected chi connectivity index (χ3v) is 3.62. The van der Waals surface area contributed by atoms with Crippen LogP contribution in [0.15, 0.2) is 30.3 Å². The standard InChI is InChI=1S/C16H22N2/c1-3-5-8-12(4-2)14-11-13-9-6-7-10-15(13)18-16(14)17/h6-7,9-12H,3-5,8H2,1-2H3,(H2,17,18). The van der Waals surface area contributed by atoms with Crippen molar-refractivity contribution in [2.75, 3.05) is 5.73 Å². The van der Waals surface area contributed by atoms with Crippen molar-refractivity contribution in [3.05, 3.63) is 35.9 Å². The summed E-state index contributed by atoms with van der Waals surface area (Å²) in [6, 6.07) is 10.4. The molecule has 0 spiro atoms. The lowest BCUT2D eigenvalue weighted by atomic mass is 9.91. The van der Waals surface area contributed by atoms with Crippen molar-refractivity contribution in [2.24, 2.45) is 0 Å². The summed E-state index contributed by atoms with van der Waals surface area (Å²) in [7, 11) is 0. The predicted octanol–water partition coefficient (Wildman–Crippen LogP) is 4.50. The van der Waals surface area contributed by atoms with Gasteiger partial charge in [-0.2, -0.15) is 0 Å². The minimum absolute atomic E-state index is 0.544. The molecule has 1 heterocycles. The van der Waals surface area contributed by atoms with Gasteiger partial charge in [0.1, 0.15) is 5.82 Å². The van der Waals surface area contributed by atoms with Crippen molar-refractivity contribution in [1.82, 2.24) is 4.98 Å². The van der Waals surface area contributed by atoms with Gasteiger partial charge < -0.3 is 5.73 Å². The van der Waals surface area contributed by atoms with Crippen LogP contribution in [0.1, 0.15) is 51.0 Å². The largest absolute Gasteiger partial charge is 0.383 e. The van der Waals surface area contributed by atoms with Crippen LogP contribution < -0.4 is 5.73 Å². The fraction of sp³-hybridized carbons (Fsp3) is 0.438. The maximum atomic E-state index is 6.12. The molecule has 0 aliphatic heterocycles. The maximum absolute atomic E-state index is 6.12. The highest BCUT2D eigenvalue weighted by atomic mass is 14.8. The molecule has 2 nitrogen and oxygen atoms in total. The second-order valence-corrected chi connectivity index (χ2v) is 4.90. The molecule has 2 rings (SSSR count). The van der Waals surface area contributed by atoms with Gasteiger partial charge in [0, 0.05) is 5.39 Å². The number of benzene rings is 1. The number of anilines is 1. The normalized spacial score (nSPS) is 12.8. The lowest BCUT2D eigenvalue weighted by molar-refractivity contribution is 0.570. The number of hydrogen-bond donors (Lipinski definition) is 1. The average molecular weight is 242 g/mol. The summed E-state index contributed by atoms with van der Waals surface area (Å²) in [5.41, 5.74) is 8.34. The molecule has 96 valence electrons. The third-order valence-electron chi connectivity index (χ3n) is 3.62. The highest BCUT2D eigenvalue weighted by Gasteiger charge is 2.13. The molecule has 18 heavy (non-hydrogen) atoms. The van der Waals surface area contributed by atoms with Gasteiger partial charge in [-0.3, -0.25) is 0 Å². The second-order valence-electron chi connectivity index (χ2n) is 4.90. The first-order valence-electron chi connectivity index (χ1n) is 6.91. The molecule has 0 saturated carbocycles. The van der Waals surface area contributed by atoms with E-state index in [1.54, 1.807) is 0 Å². The van der Waals surface area contributed by atoms with E-state index in [0.717, 1.165) is 11.9 Å². The van der Waals surface area contributed by atoms with Gasteiger partial charge >= 0.3 is 0 Å². The van der Waals surface area contributed by atoms with Gasteiger partial charge in [-0.15, -0.1) is 0 Å². The van der Waals surface area contributed by atoms with E-state index in [2.05, 4.69) is 37.0 Å². The minimum Gasteiger partial charge on any atom is -0.383 e. The van der Waals surface area contributed by atoms with E-state index in [1.807, 2.05) is 12.1 Å². The van der Waals surface area contributed by atoms with Crippen LogP contribution >= 0.6 is 0 Å². The first-order chi connectivity index (χ1) is 8.76. The van der Waals surface area contributed by atoms with Crippen LogP contribution in [0.3, 0.4) is 0 Å². The summed E-state index contributed by atoms with van der Waals surface area (Å²) < 4.78 is 0. The number of aromatic nitrogens is 1. The molecule has 0 radical (unpaired) electrons. The SMILES string of the molecule is CCCCC(CC)c1cc2ccccc2nc1N. The number of rotatable bonds is 5. The molecular weight excluding hydrogens is 220 g/mol. The molecule has 0 aliphatic carbocycles. The van der Waals surface area contributed by atoms with Crippen LogP contribution in [-0.2, 0) is 0 Å². The number of para-hydroxylation sites is 1. The van der Waals surface area contributed by atoms with Gasteiger partial charge in [0.05, 0.1) is 5.52 Å². The Hall–Kier alpha value is -1.57. The fourth-order valence-electron chi connectivity index (χ4n) is 2.50. The van der Waals surface area contributed by atoms with Crippen LogP contribution in [0.4, 0.5) is 5.82 Å². The number of hydrogen-bond acceptors (Lipinski definition) is 2. The lowest BCUT2D eigenvalue weighted by Gasteiger charge is -2.17. The van der Waals surface area contributed by atoms with E-state index in [-0.39, 0.29) is 0 Å². The van der Waals surface area contributed by atoms with Gasteiger partial charge in [-0.05, 0) is 36.5 Å². The summed E-state index contributed by atoms with van der Waals surface area (Å²) in [6.45, 7) is 4.46. The van der Waals surface area contributed by atoms with Crippen LogP contribution in [0, 0.1) is 0 Å². The molecule has 0 aliphatic rings. The number of pyridine rings is 1. The maximum Gasteiger partial charge on any atom is 0.127 e. The molecular formula is C16H22N2. The minimum atomic E-state index is 0.544. The Morgan fingerprint density at radius 3 is 2.72 bits per heavy atom. The molecule has 2 heteroatoms. The highest BCUT2D eigenvalue weighted by Crippen LogP contribution is 2.31. The fourth-order valence-corrected chi connectivity index (χ4v) is 2.50. The molecule has 1 aromatic carbocycles. The second kappa shape index (κ2) is 5.85. The van der Waals surface area contributed by atoms with Crippen molar-refractivity contribution >= 4 is 16.7 Å². The Morgan fingerprint density at radius 2 is 2.00 bits per heavy atom. The summed E-state index contributed by atoms with van der Waals surface area (Å²) in [4.78, 5) is 4.53. The zero-order valence-corrected chi connectivity index (χ0v) is 11.3. The van der Waals surface area contributed by atoms with E-state index in [4.69, 9.17) is 5.73 Å². The van der Waals surface area contributed by atoms with Crippen molar-refractivity contribution in [3.8, 4) is 0 Å². The average Bonchev–Trinajstić information content (AvgIpc) is 2.40. The highest BCUT2D eigenvalue weighted by molar-refractivity contribution is 5.81. The quantitative estimate of drug-likeness (QED) is 0.838. The van der Waals surface area contributed by atoms with Crippen LogP contribution in [0.5, 0.6) is 0 Å². The van der Waals surface area contributed by atoms with E-state index in [1.165, 1.54) is 30.2 Å². The topological polar surface area (TPSA) is 38.9 Å². The van der Waals surface area contributed by atoms with E-state index in [9.17, 15) is 0 Å². The van der Waals surface area contributed by atoms with Gasteiger partial charge in [0.25, 0.3) is 0 Å². The van der Waals surface area contributed by atoms with Gasteiger partial charge in [0.2, 0.25) is 0 Å². The summed E-state index contributed by atoms with van der Waals surface area (Å²) in [5, 5.41) is 1.19. The van der Waals surface area contributed by atoms with Crippen LogP contribution in [0.2, 0.25) is 0 Å². The first kappa shape index (κ1) is 12.9. The molecule has 1 unspecified atom stereocenters. The number of unbranched alkanes of at least 4 members (excludes halogenated alkanes) is 1. The molecule has 2 aromatic rings. The summed E-state index contributed by atoms with van der Waals surface area (Å²) >= 11 is 0. The van der Waals surface area contributed by atoms with Crippen molar-refractivity contribution in [1.29, 1.82) is 0 Å². The zero-order valence-electron chi connectivity index (χ0n) is 11.3. The Morgan fingerprint density at radius 1 is 1.22 bits per heavy atom. The molecule has 1 aromatic heterocycles. The Balaban J connectivity index is 2.39. The molecule has 1 atom stereocenters. The Bertz CT molecular complexity index is 519. The number of fused-ring (bicyclic) bond motifs is 1. The summed E-state index contributed by atoms with van der Waals surface area (Å²) in [6.07, 6.45) is 4.82. The molecule has 0 fully saturated rings. The van der Waals surface area contributed by atoms with E-state index < -0.39 is 0 Å². The molecule has 0 bridgehead atoms. The smallest absolute Gasteiger partial charge is 0.127 e. The van der Waals surface area contributed by atoms with Gasteiger partial charge in [-0.25, -0.2) is 4.98 Å². The van der Waals surface area contributed by atoms with E-state index in [0.29, 0.717) is 11.7 Å². The number of nitrogen functional groups attached to an aromatic ring is 1. The molecule has 0 amide bonds. The monoisotopic (exact) mass is 242 g/mol. The Kier molecular flexibility index (Phi) is 4.19. The predicted molar refractivity (Wildman–Crippen MR) is 78.7 cm³/mol. The summed E-state index contributed by atoms with van der Waals surface area (Å²) in [5.74, 6) is 1.25. The number of nitrogens with zero attached hydrogens (tertiary/aromatic N) is 1. The van der Waals surface area contributed by atoms with Crippen LogP contribution in [0.25, 0.3) is 10.9 Å². The zero-order chi connectivity index (χ0) is 13.0. The van der Waals surface area contributed by atoms with Crippen molar-refractivity contribution in [3.63, 3.8) is 0 Å². The van der Waals surface area contributed by atoms with E-state index >= 15 is 0 Å². The number of nitrogens with two attached hydrogens (primary N) is 1. The van der Waals surface area contributed by atoms with Crippen molar-refractivity contribution in [2.45, 2.75) is 45.4 Å². The molecule has 0 saturated heterocycles. The lowest BCUT2D eigenvalue weighted by Crippen LogP contribution is -2.04.